The van der Waals surface area contributed by atoms with Crippen LogP contribution in [-0.2, 0) is 0 Å². The van der Waals surface area contributed by atoms with Crippen molar-refractivity contribution in [1.82, 2.24) is 15.1 Å². The van der Waals surface area contributed by atoms with Gasteiger partial charge >= 0.3 is 0 Å². The average Bonchev–Trinajstić information content (AvgIpc) is 2.77. The van der Waals surface area contributed by atoms with E-state index in [1.165, 1.54) is 10.7 Å². The number of halogens is 1. The van der Waals surface area contributed by atoms with Gasteiger partial charge in [0, 0.05) is 23.8 Å². The summed E-state index contributed by atoms with van der Waals surface area (Å²) in [5, 5.41) is 6.97. The maximum atomic E-state index is 14.3. The molecule has 1 unspecified atom stereocenters. The van der Waals surface area contributed by atoms with Crippen LogP contribution in [-0.4, -0.2) is 28.3 Å². The number of aryl methyl sites for hydroxylation is 2. The summed E-state index contributed by atoms with van der Waals surface area (Å²) in [5.41, 5.74) is 7.89. The van der Waals surface area contributed by atoms with E-state index in [2.05, 4.69) is 10.4 Å². The Balaban J connectivity index is 2.16. The lowest BCUT2D eigenvalue weighted by Crippen LogP contribution is -2.29. The van der Waals surface area contributed by atoms with Crippen molar-refractivity contribution in [2.45, 2.75) is 33.2 Å². The highest BCUT2D eigenvalue weighted by molar-refractivity contribution is 5.94. The Hall–Kier alpha value is -2.21. The Bertz CT molecular complexity index is 679. The van der Waals surface area contributed by atoms with E-state index < -0.39 is 5.82 Å². The molecule has 118 valence electrons. The Kier molecular flexibility index (Phi) is 4.92. The predicted molar refractivity (Wildman–Crippen MR) is 83.6 cm³/mol. The van der Waals surface area contributed by atoms with Gasteiger partial charge in [-0.3, -0.25) is 4.79 Å². The lowest BCUT2D eigenvalue weighted by molar-refractivity contribution is 0.0952. The average molecular weight is 304 g/mol. The second-order valence-electron chi connectivity index (χ2n) is 5.53. The molecule has 5 nitrogen and oxygen atoms in total. The van der Waals surface area contributed by atoms with Crippen LogP contribution in [0.5, 0.6) is 0 Å². The molecule has 0 spiro atoms. The topological polar surface area (TPSA) is 72.9 Å². The van der Waals surface area contributed by atoms with E-state index in [1.54, 1.807) is 12.1 Å². The summed E-state index contributed by atoms with van der Waals surface area (Å²) in [7, 11) is 0. The van der Waals surface area contributed by atoms with Gasteiger partial charge in [-0.2, -0.15) is 5.10 Å². The number of rotatable bonds is 5. The minimum Gasteiger partial charge on any atom is -0.352 e. The molecule has 0 radical (unpaired) electrons. The van der Waals surface area contributed by atoms with Crippen molar-refractivity contribution in [3.63, 3.8) is 0 Å². The van der Waals surface area contributed by atoms with Crippen LogP contribution in [0.25, 0.3) is 5.69 Å². The molecule has 1 aromatic carbocycles. The van der Waals surface area contributed by atoms with Gasteiger partial charge in [-0.15, -0.1) is 0 Å². The number of carbonyl (C=O) groups is 1. The SMILES string of the molecule is Cc1cc(C)n(-c2ccc(C(=O)NCCC(C)N)cc2F)n1. The van der Waals surface area contributed by atoms with Crippen LogP contribution in [0.15, 0.2) is 24.3 Å². The van der Waals surface area contributed by atoms with E-state index in [1.807, 2.05) is 26.8 Å². The number of nitrogens with one attached hydrogen (secondary N) is 1. The molecule has 6 heteroatoms. The molecular formula is C16H21FN4O. The predicted octanol–water partition coefficient (Wildman–Crippen LogP) is 2.10. The quantitative estimate of drug-likeness (QED) is 0.888. The van der Waals surface area contributed by atoms with Crippen molar-refractivity contribution < 1.29 is 9.18 Å². The highest BCUT2D eigenvalue weighted by Gasteiger charge is 2.13. The highest BCUT2D eigenvalue weighted by Crippen LogP contribution is 2.17. The zero-order valence-corrected chi connectivity index (χ0v) is 13.1. The Labute approximate surface area is 129 Å². The van der Waals surface area contributed by atoms with Crippen molar-refractivity contribution >= 4 is 5.91 Å². The van der Waals surface area contributed by atoms with E-state index in [9.17, 15) is 9.18 Å². The molecule has 2 aromatic rings. The lowest BCUT2D eigenvalue weighted by Gasteiger charge is -2.10. The molecule has 22 heavy (non-hydrogen) atoms. The van der Waals surface area contributed by atoms with Crippen LogP contribution in [0, 0.1) is 19.7 Å². The van der Waals surface area contributed by atoms with Gasteiger partial charge in [0.25, 0.3) is 5.91 Å². The molecule has 3 N–H and O–H groups in total. The van der Waals surface area contributed by atoms with E-state index in [4.69, 9.17) is 5.73 Å². The van der Waals surface area contributed by atoms with Gasteiger partial charge in [0.05, 0.1) is 5.69 Å². The molecule has 1 aromatic heterocycles. The molecule has 1 atom stereocenters. The van der Waals surface area contributed by atoms with Crippen molar-refractivity contribution in [3.05, 3.63) is 47.0 Å². The van der Waals surface area contributed by atoms with Crippen LogP contribution in [0.3, 0.4) is 0 Å². The zero-order chi connectivity index (χ0) is 16.3. The molecule has 0 aliphatic rings. The third-order valence-electron chi connectivity index (χ3n) is 3.33. The van der Waals surface area contributed by atoms with Gasteiger partial charge in [-0.1, -0.05) is 0 Å². The number of aromatic nitrogens is 2. The van der Waals surface area contributed by atoms with Crippen molar-refractivity contribution in [2.24, 2.45) is 5.73 Å². The van der Waals surface area contributed by atoms with Crippen LogP contribution in [0.1, 0.15) is 35.1 Å². The summed E-state index contributed by atoms with van der Waals surface area (Å²) < 4.78 is 15.8. The van der Waals surface area contributed by atoms with Crippen molar-refractivity contribution in [2.75, 3.05) is 6.54 Å². The monoisotopic (exact) mass is 304 g/mol. The van der Waals surface area contributed by atoms with E-state index >= 15 is 0 Å². The summed E-state index contributed by atoms with van der Waals surface area (Å²) in [5.74, 6) is -0.787. The molecule has 0 aliphatic carbocycles. The van der Waals surface area contributed by atoms with Crippen LogP contribution >= 0.6 is 0 Å². The van der Waals surface area contributed by atoms with E-state index in [0.29, 0.717) is 18.7 Å². The first-order valence-corrected chi connectivity index (χ1v) is 7.25. The first kappa shape index (κ1) is 16.2. The molecule has 2 rings (SSSR count). The summed E-state index contributed by atoms with van der Waals surface area (Å²) >= 11 is 0. The Morgan fingerprint density at radius 3 is 2.68 bits per heavy atom. The minimum absolute atomic E-state index is 0.0189. The summed E-state index contributed by atoms with van der Waals surface area (Å²) in [6.45, 7) is 6.04. The second kappa shape index (κ2) is 6.70. The molecular weight excluding hydrogens is 283 g/mol. The third-order valence-corrected chi connectivity index (χ3v) is 3.33. The van der Waals surface area contributed by atoms with Gasteiger partial charge in [0.2, 0.25) is 0 Å². The molecule has 0 saturated carbocycles. The molecule has 0 aliphatic heterocycles. The lowest BCUT2D eigenvalue weighted by atomic mass is 10.1. The van der Waals surface area contributed by atoms with Crippen molar-refractivity contribution in [3.8, 4) is 5.69 Å². The first-order chi connectivity index (χ1) is 10.4. The Morgan fingerprint density at radius 2 is 2.14 bits per heavy atom. The normalized spacial score (nSPS) is 12.2. The molecule has 0 saturated heterocycles. The van der Waals surface area contributed by atoms with Crippen LogP contribution in [0.2, 0.25) is 0 Å². The maximum absolute atomic E-state index is 14.3. The van der Waals surface area contributed by atoms with Crippen LogP contribution in [0.4, 0.5) is 4.39 Å². The van der Waals surface area contributed by atoms with Crippen molar-refractivity contribution in [1.29, 1.82) is 0 Å². The molecule has 0 fully saturated rings. The van der Waals surface area contributed by atoms with Gasteiger partial charge in [-0.05, 0) is 51.5 Å². The maximum Gasteiger partial charge on any atom is 0.251 e. The summed E-state index contributed by atoms with van der Waals surface area (Å²) in [4.78, 5) is 12.0. The number of carbonyl (C=O) groups excluding carboxylic acids is 1. The van der Waals surface area contributed by atoms with Gasteiger partial charge in [0.15, 0.2) is 0 Å². The fourth-order valence-electron chi connectivity index (χ4n) is 2.21. The largest absolute Gasteiger partial charge is 0.352 e. The third kappa shape index (κ3) is 3.71. The number of hydrogen-bond acceptors (Lipinski definition) is 3. The fourth-order valence-corrected chi connectivity index (χ4v) is 2.21. The summed E-state index contributed by atoms with van der Waals surface area (Å²) in [6.07, 6.45) is 0.679. The second-order valence-corrected chi connectivity index (χ2v) is 5.53. The number of amides is 1. The number of nitrogens with two attached hydrogens (primary N) is 1. The van der Waals surface area contributed by atoms with Gasteiger partial charge < -0.3 is 11.1 Å². The molecule has 1 amide bonds. The van der Waals surface area contributed by atoms with Gasteiger partial charge in [0.1, 0.15) is 11.5 Å². The first-order valence-electron chi connectivity index (χ1n) is 7.25. The zero-order valence-electron chi connectivity index (χ0n) is 13.1. The Morgan fingerprint density at radius 1 is 1.41 bits per heavy atom. The highest BCUT2D eigenvalue weighted by atomic mass is 19.1. The van der Waals surface area contributed by atoms with E-state index in [-0.39, 0.29) is 17.5 Å². The fraction of sp³-hybridized carbons (Fsp3) is 0.375. The molecule has 1 heterocycles. The number of nitrogens with zero attached hydrogens (tertiary/aromatic N) is 2. The van der Waals surface area contributed by atoms with Crippen LogP contribution < -0.4 is 11.1 Å². The number of hydrogen-bond donors (Lipinski definition) is 2. The van der Waals surface area contributed by atoms with E-state index in [0.717, 1.165) is 11.4 Å². The summed E-state index contributed by atoms with van der Waals surface area (Å²) in [6, 6.07) is 6.28. The molecule has 0 bridgehead atoms. The van der Waals surface area contributed by atoms with Gasteiger partial charge in [-0.25, -0.2) is 9.07 Å². The minimum atomic E-state index is -0.481. The number of benzene rings is 1. The standard InChI is InChI=1S/C16H21FN4O/c1-10(18)6-7-19-16(22)13-4-5-15(14(17)9-13)21-12(3)8-11(2)20-21/h4-5,8-10H,6-7,18H2,1-3H3,(H,19,22). The smallest absolute Gasteiger partial charge is 0.251 e.